The molecule has 0 atom stereocenters. The number of hydrogen-bond donors (Lipinski definition) is 1. The summed E-state index contributed by atoms with van der Waals surface area (Å²) >= 11 is 0. The van der Waals surface area contributed by atoms with Crippen molar-refractivity contribution in [2.45, 2.75) is 39.2 Å². The molecule has 3 heteroatoms. The lowest BCUT2D eigenvalue weighted by Crippen LogP contribution is -2.33. The number of anilines is 1. The maximum absolute atomic E-state index is 5.95. The maximum Gasteiger partial charge on any atom is 0.0599 e. The molecule has 20 heavy (non-hydrogen) atoms. The molecule has 1 N–H and O–H groups in total. The highest BCUT2D eigenvalue weighted by Crippen LogP contribution is 2.20. The number of piperidine rings is 1. The molecule has 0 spiro atoms. The molecule has 1 aliphatic heterocycles. The van der Waals surface area contributed by atoms with Crippen LogP contribution in [0.4, 0.5) is 5.69 Å². The summed E-state index contributed by atoms with van der Waals surface area (Å²) in [4.78, 5) is 2.33. The quantitative estimate of drug-likeness (QED) is 0.809. The van der Waals surface area contributed by atoms with Crippen molar-refractivity contribution >= 4 is 5.69 Å². The highest BCUT2D eigenvalue weighted by molar-refractivity contribution is 5.53. The normalized spacial score (nSPS) is 16.4. The fourth-order valence-electron chi connectivity index (χ4n) is 2.87. The molecule has 1 heterocycles. The monoisotopic (exact) mass is 276 g/mol. The molecule has 0 radical (unpaired) electrons. The third kappa shape index (κ3) is 4.50. The van der Waals surface area contributed by atoms with Gasteiger partial charge in [0, 0.05) is 25.9 Å². The van der Waals surface area contributed by atoms with Crippen LogP contribution in [0.15, 0.2) is 18.2 Å². The van der Waals surface area contributed by atoms with Gasteiger partial charge in [-0.2, -0.15) is 0 Å². The highest BCUT2D eigenvalue weighted by atomic mass is 16.5. The van der Waals surface area contributed by atoms with Crippen molar-refractivity contribution in [3.05, 3.63) is 29.3 Å². The van der Waals surface area contributed by atoms with Gasteiger partial charge in [0.2, 0.25) is 0 Å². The van der Waals surface area contributed by atoms with E-state index in [4.69, 9.17) is 4.74 Å². The van der Waals surface area contributed by atoms with Crippen LogP contribution in [-0.2, 0) is 4.74 Å². The van der Waals surface area contributed by atoms with Gasteiger partial charge in [0.25, 0.3) is 0 Å². The van der Waals surface area contributed by atoms with E-state index in [9.17, 15) is 0 Å². The summed E-state index contributed by atoms with van der Waals surface area (Å²) in [5, 5.41) is 3.37. The summed E-state index contributed by atoms with van der Waals surface area (Å²) in [6.07, 6.45) is 3.88. The van der Waals surface area contributed by atoms with Gasteiger partial charge in [0.1, 0.15) is 0 Å². The smallest absolute Gasteiger partial charge is 0.0599 e. The first-order chi connectivity index (χ1) is 9.66. The van der Waals surface area contributed by atoms with Crippen molar-refractivity contribution in [3.63, 3.8) is 0 Å². The molecule has 0 amide bonds. The minimum atomic E-state index is 0.475. The van der Waals surface area contributed by atoms with Gasteiger partial charge in [-0.1, -0.05) is 17.7 Å². The van der Waals surface area contributed by atoms with Crippen LogP contribution >= 0.6 is 0 Å². The third-order valence-corrected chi connectivity index (χ3v) is 4.04. The minimum absolute atomic E-state index is 0.475. The lowest BCUT2D eigenvalue weighted by atomic mass is 10.1. The van der Waals surface area contributed by atoms with Crippen LogP contribution in [0.5, 0.6) is 0 Å². The summed E-state index contributed by atoms with van der Waals surface area (Å²) in [5.41, 5.74) is 4.01. The number of nitrogens with zero attached hydrogens (tertiary/aromatic N) is 1. The average molecular weight is 276 g/mol. The zero-order valence-electron chi connectivity index (χ0n) is 13.1. The predicted molar refractivity (Wildman–Crippen MR) is 85.6 cm³/mol. The second kappa shape index (κ2) is 7.65. The summed E-state index contributed by atoms with van der Waals surface area (Å²) in [6.45, 7) is 8.46. The lowest BCUT2D eigenvalue weighted by molar-refractivity contribution is 0.0324. The summed E-state index contributed by atoms with van der Waals surface area (Å²) < 4.78 is 5.95. The van der Waals surface area contributed by atoms with Gasteiger partial charge in [0.15, 0.2) is 0 Å². The van der Waals surface area contributed by atoms with E-state index in [2.05, 4.69) is 49.3 Å². The molecule has 3 nitrogen and oxygen atoms in total. The van der Waals surface area contributed by atoms with Gasteiger partial charge in [-0.25, -0.2) is 0 Å². The third-order valence-electron chi connectivity index (χ3n) is 4.04. The Bertz CT molecular complexity index is 413. The second-order valence-corrected chi connectivity index (χ2v) is 5.89. The van der Waals surface area contributed by atoms with E-state index in [0.717, 1.165) is 45.5 Å². The van der Waals surface area contributed by atoms with E-state index in [1.807, 2.05) is 0 Å². The average Bonchev–Trinajstić information content (AvgIpc) is 2.44. The number of ether oxygens (including phenoxy) is 1. The SMILES string of the molecule is Cc1ccc(N(C)CCCOC2CCNCC2)c(C)c1. The molecule has 1 fully saturated rings. The zero-order valence-corrected chi connectivity index (χ0v) is 13.1. The molecule has 112 valence electrons. The molecular formula is C17H28N2O. The van der Waals surface area contributed by atoms with Gasteiger partial charge >= 0.3 is 0 Å². The van der Waals surface area contributed by atoms with Crippen molar-refractivity contribution in [3.8, 4) is 0 Å². The van der Waals surface area contributed by atoms with Gasteiger partial charge < -0.3 is 15.0 Å². The molecule has 0 unspecified atom stereocenters. The first-order valence-electron chi connectivity index (χ1n) is 7.77. The molecule has 0 aromatic heterocycles. The Hall–Kier alpha value is -1.06. The largest absolute Gasteiger partial charge is 0.378 e. The van der Waals surface area contributed by atoms with E-state index >= 15 is 0 Å². The van der Waals surface area contributed by atoms with Crippen LogP contribution in [0.2, 0.25) is 0 Å². The first kappa shape index (κ1) is 15.3. The minimum Gasteiger partial charge on any atom is -0.378 e. The fraction of sp³-hybridized carbons (Fsp3) is 0.647. The molecule has 0 saturated carbocycles. The number of rotatable bonds is 6. The fourth-order valence-corrected chi connectivity index (χ4v) is 2.87. The molecule has 1 aromatic rings. The van der Waals surface area contributed by atoms with Crippen LogP contribution in [0.25, 0.3) is 0 Å². The number of hydrogen-bond acceptors (Lipinski definition) is 3. The Morgan fingerprint density at radius 3 is 2.70 bits per heavy atom. The molecule has 1 aliphatic rings. The van der Waals surface area contributed by atoms with Crippen LogP contribution in [0.3, 0.4) is 0 Å². The standard InChI is InChI=1S/C17H28N2O/c1-14-5-6-17(15(2)13-14)19(3)11-4-12-20-16-7-9-18-10-8-16/h5-6,13,16,18H,4,7-12H2,1-3H3. The van der Waals surface area contributed by atoms with Crippen molar-refractivity contribution in [1.29, 1.82) is 0 Å². The zero-order chi connectivity index (χ0) is 14.4. The Labute approximate surface area is 123 Å². The van der Waals surface area contributed by atoms with Crippen LogP contribution in [0.1, 0.15) is 30.4 Å². The molecule has 0 bridgehead atoms. The van der Waals surface area contributed by atoms with Gasteiger partial charge in [-0.15, -0.1) is 0 Å². The number of nitrogens with one attached hydrogen (secondary N) is 1. The summed E-state index contributed by atoms with van der Waals surface area (Å²) in [7, 11) is 2.17. The Balaban J connectivity index is 1.70. The van der Waals surface area contributed by atoms with E-state index in [1.165, 1.54) is 16.8 Å². The Morgan fingerprint density at radius 1 is 1.25 bits per heavy atom. The van der Waals surface area contributed by atoms with Crippen molar-refractivity contribution in [2.24, 2.45) is 0 Å². The van der Waals surface area contributed by atoms with E-state index in [0.29, 0.717) is 6.10 Å². The van der Waals surface area contributed by atoms with Crippen LogP contribution in [-0.4, -0.2) is 39.4 Å². The summed E-state index contributed by atoms with van der Waals surface area (Å²) in [5.74, 6) is 0. The lowest BCUT2D eigenvalue weighted by Gasteiger charge is -2.25. The van der Waals surface area contributed by atoms with Crippen molar-refractivity contribution in [1.82, 2.24) is 5.32 Å². The van der Waals surface area contributed by atoms with Gasteiger partial charge in [0.05, 0.1) is 6.10 Å². The molecule has 2 rings (SSSR count). The van der Waals surface area contributed by atoms with Crippen molar-refractivity contribution < 1.29 is 4.74 Å². The van der Waals surface area contributed by atoms with Gasteiger partial charge in [-0.05, 0) is 57.8 Å². The van der Waals surface area contributed by atoms with Crippen LogP contribution in [0, 0.1) is 13.8 Å². The molecular weight excluding hydrogens is 248 g/mol. The first-order valence-corrected chi connectivity index (χ1v) is 7.77. The Morgan fingerprint density at radius 2 is 2.00 bits per heavy atom. The van der Waals surface area contributed by atoms with Crippen LogP contribution < -0.4 is 10.2 Å². The highest BCUT2D eigenvalue weighted by Gasteiger charge is 2.12. The Kier molecular flexibility index (Phi) is 5.86. The molecule has 1 saturated heterocycles. The second-order valence-electron chi connectivity index (χ2n) is 5.89. The van der Waals surface area contributed by atoms with E-state index < -0.39 is 0 Å². The van der Waals surface area contributed by atoms with Gasteiger partial charge in [-0.3, -0.25) is 0 Å². The van der Waals surface area contributed by atoms with E-state index in [-0.39, 0.29) is 0 Å². The molecule has 1 aromatic carbocycles. The topological polar surface area (TPSA) is 24.5 Å². The van der Waals surface area contributed by atoms with E-state index in [1.54, 1.807) is 0 Å². The molecule has 0 aliphatic carbocycles. The summed E-state index contributed by atoms with van der Waals surface area (Å²) in [6, 6.07) is 6.65. The predicted octanol–water partition coefficient (Wildman–Crippen LogP) is 2.90. The number of aryl methyl sites for hydroxylation is 2. The number of benzene rings is 1. The maximum atomic E-state index is 5.95. The van der Waals surface area contributed by atoms with Crippen molar-refractivity contribution in [2.75, 3.05) is 38.2 Å².